The fourth-order valence-electron chi connectivity index (χ4n) is 3.99. The molecule has 2 aliphatic rings. The lowest BCUT2D eigenvalue weighted by Crippen LogP contribution is -2.50. The van der Waals surface area contributed by atoms with Crippen LogP contribution in [0.5, 0.6) is 0 Å². The molecule has 0 saturated carbocycles. The van der Waals surface area contributed by atoms with Gasteiger partial charge in [0.1, 0.15) is 11.6 Å². The van der Waals surface area contributed by atoms with Crippen LogP contribution in [0.1, 0.15) is 18.0 Å². The third kappa shape index (κ3) is 3.49. The molecule has 2 heterocycles. The van der Waals surface area contributed by atoms with E-state index < -0.39 is 11.7 Å². The number of carbonyl (C=O) groups is 2. The van der Waals surface area contributed by atoms with Crippen LogP contribution in [-0.2, 0) is 9.59 Å². The molecule has 2 unspecified atom stereocenters. The Bertz CT molecular complexity index is 905. The van der Waals surface area contributed by atoms with Crippen LogP contribution in [0.3, 0.4) is 0 Å². The molecule has 0 spiro atoms. The summed E-state index contributed by atoms with van der Waals surface area (Å²) in [5, 5.41) is 3.24. The number of hydrogen-bond donors (Lipinski definition) is 1. The van der Waals surface area contributed by atoms with Gasteiger partial charge in [-0.2, -0.15) is 0 Å². The molecule has 2 fully saturated rings. The van der Waals surface area contributed by atoms with Gasteiger partial charge >= 0.3 is 0 Å². The first kappa shape index (κ1) is 18.6. The van der Waals surface area contributed by atoms with Gasteiger partial charge in [-0.1, -0.05) is 24.3 Å². The summed E-state index contributed by atoms with van der Waals surface area (Å²) in [4.78, 5) is 28.7. The predicted octanol–water partition coefficient (Wildman–Crippen LogP) is 2.49. The van der Waals surface area contributed by atoms with Crippen LogP contribution in [0.25, 0.3) is 0 Å². The molecule has 2 aromatic rings. The van der Waals surface area contributed by atoms with Gasteiger partial charge in [0.15, 0.2) is 0 Å². The molecule has 146 valence electrons. The summed E-state index contributed by atoms with van der Waals surface area (Å²) in [7, 11) is 0. The fourth-order valence-corrected chi connectivity index (χ4v) is 3.99. The Balaban J connectivity index is 1.55. The quantitative estimate of drug-likeness (QED) is 0.883. The van der Waals surface area contributed by atoms with Crippen molar-refractivity contribution in [2.75, 3.05) is 31.1 Å². The predicted molar refractivity (Wildman–Crippen MR) is 101 cm³/mol. The summed E-state index contributed by atoms with van der Waals surface area (Å²) in [5.74, 6) is -1.79. The van der Waals surface area contributed by atoms with Gasteiger partial charge in [0, 0.05) is 32.6 Å². The van der Waals surface area contributed by atoms with Gasteiger partial charge in [-0.3, -0.25) is 9.59 Å². The average Bonchev–Trinajstić information content (AvgIpc) is 3.09. The van der Waals surface area contributed by atoms with E-state index in [2.05, 4.69) is 5.32 Å². The first-order chi connectivity index (χ1) is 13.5. The van der Waals surface area contributed by atoms with Crippen LogP contribution < -0.4 is 10.2 Å². The lowest BCUT2D eigenvalue weighted by molar-refractivity contribution is -0.139. The summed E-state index contributed by atoms with van der Waals surface area (Å²) in [5.41, 5.74) is 0.917. The molecule has 1 N–H and O–H groups in total. The van der Waals surface area contributed by atoms with Crippen molar-refractivity contribution in [1.29, 1.82) is 0 Å². The van der Waals surface area contributed by atoms with Gasteiger partial charge in [-0.05, 0) is 29.8 Å². The standard InChI is InChI=1S/C21H21F2N3O2/c22-16-5-3-4-14(10-16)19-12-24-8-9-25(19)21(28)15-11-20(27)26(13-15)18-7-2-1-6-17(18)23/h1-7,10,15,19,24H,8-9,11-13H2. The molecule has 28 heavy (non-hydrogen) atoms. The lowest BCUT2D eigenvalue weighted by atomic mass is 9.99. The van der Waals surface area contributed by atoms with E-state index in [1.807, 2.05) is 0 Å². The number of nitrogens with one attached hydrogen (secondary N) is 1. The number of para-hydroxylation sites is 1. The summed E-state index contributed by atoms with van der Waals surface area (Å²) < 4.78 is 27.8. The second-order valence-corrected chi connectivity index (χ2v) is 7.16. The molecule has 0 bridgehead atoms. The molecular weight excluding hydrogens is 364 g/mol. The number of piperazine rings is 1. The number of hydrogen-bond acceptors (Lipinski definition) is 3. The van der Waals surface area contributed by atoms with Crippen LogP contribution in [0.2, 0.25) is 0 Å². The number of anilines is 1. The Kier molecular flexibility index (Phi) is 5.09. The Labute approximate surface area is 161 Å². The highest BCUT2D eigenvalue weighted by Gasteiger charge is 2.40. The van der Waals surface area contributed by atoms with E-state index in [4.69, 9.17) is 0 Å². The van der Waals surface area contributed by atoms with Gasteiger partial charge < -0.3 is 15.1 Å². The van der Waals surface area contributed by atoms with Crippen LogP contribution >= 0.6 is 0 Å². The van der Waals surface area contributed by atoms with Crippen molar-refractivity contribution >= 4 is 17.5 Å². The molecule has 7 heteroatoms. The topological polar surface area (TPSA) is 52.7 Å². The van der Waals surface area contributed by atoms with E-state index in [-0.39, 0.29) is 42.3 Å². The van der Waals surface area contributed by atoms with E-state index in [1.165, 1.54) is 23.1 Å². The van der Waals surface area contributed by atoms with E-state index in [0.29, 0.717) is 19.6 Å². The smallest absolute Gasteiger partial charge is 0.228 e. The Hall–Kier alpha value is -2.80. The molecule has 0 radical (unpaired) electrons. The van der Waals surface area contributed by atoms with Crippen LogP contribution in [-0.4, -0.2) is 42.9 Å². The molecule has 2 atom stereocenters. The highest BCUT2D eigenvalue weighted by Crippen LogP contribution is 2.31. The van der Waals surface area contributed by atoms with Crippen LogP contribution in [0.4, 0.5) is 14.5 Å². The second-order valence-electron chi connectivity index (χ2n) is 7.16. The van der Waals surface area contributed by atoms with Crippen molar-refractivity contribution in [3.8, 4) is 0 Å². The zero-order chi connectivity index (χ0) is 19.7. The molecule has 2 aromatic carbocycles. The minimum absolute atomic E-state index is 0.0486. The van der Waals surface area contributed by atoms with Gasteiger partial charge in [-0.15, -0.1) is 0 Å². The number of benzene rings is 2. The van der Waals surface area contributed by atoms with E-state index in [0.717, 1.165) is 5.56 Å². The van der Waals surface area contributed by atoms with E-state index >= 15 is 0 Å². The largest absolute Gasteiger partial charge is 0.333 e. The van der Waals surface area contributed by atoms with Crippen molar-refractivity contribution in [1.82, 2.24) is 10.2 Å². The first-order valence-electron chi connectivity index (χ1n) is 9.36. The Morgan fingerprint density at radius 2 is 1.93 bits per heavy atom. The van der Waals surface area contributed by atoms with Crippen molar-refractivity contribution in [3.05, 3.63) is 65.7 Å². The number of amides is 2. The van der Waals surface area contributed by atoms with Gasteiger partial charge in [-0.25, -0.2) is 8.78 Å². The molecule has 2 aliphatic heterocycles. The average molecular weight is 385 g/mol. The molecule has 5 nitrogen and oxygen atoms in total. The number of nitrogens with zero attached hydrogens (tertiary/aromatic N) is 2. The second kappa shape index (κ2) is 7.67. The van der Waals surface area contributed by atoms with Gasteiger partial charge in [0.2, 0.25) is 11.8 Å². The van der Waals surface area contributed by atoms with E-state index in [1.54, 1.807) is 35.2 Å². The van der Waals surface area contributed by atoms with Gasteiger partial charge in [0.25, 0.3) is 0 Å². The summed E-state index contributed by atoms with van der Waals surface area (Å²) in [6.07, 6.45) is 0.0486. The third-order valence-electron chi connectivity index (χ3n) is 5.38. The highest BCUT2D eigenvalue weighted by molar-refractivity contribution is 6.00. The minimum atomic E-state index is -0.540. The molecule has 2 amide bonds. The number of carbonyl (C=O) groups excluding carboxylic acids is 2. The minimum Gasteiger partial charge on any atom is -0.333 e. The summed E-state index contributed by atoms with van der Waals surface area (Å²) >= 11 is 0. The molecular formula is C21H21F2N3O2. The van der Waals surface area contributed by atoms with Crippen molar-refractivity contribution in [2.45, 2.75) is 12.5 Å². The molecule has 2 saturated heterocycles. The Morgan fingerprint density at radius 3 is 2.71 bits per heavy atom. The van der Waals surface area contributed by atoms with Crippen molar-refractivity contribution in [3.63, 3.8) is 0 Å². The zero-order valence-electron chi connectivity index (χ0n) is 15.3. The maximum absolute atomic E-state index is 14.1. The normalized spacial score (nSPS) is 22.6. The van der Waals surface area contributed by atoms with E-state index in [9.17, 15) is 18.4 Å². The van der Waals surface area contributed by atoms with Crippen LogP contribution in [0.15, 0.2) is 48.5 Å². The number of halogens is 2. The van der Waals surface area contributed by atoms with Crippen LogP contribution in [0, 0.1) is 17.6 Å². The molecule has 4 rings (SSSR count). The highest BCUT2D eigenvalue weighted by atomic mass is 19.1. The molecule has 0 aromatic heterocycles. The lowest BCUT2D eigenvalue weighted by Gasteiger charge is -2.38. The van der Waals surface area contributed by atoms with Crippen molar-refractivity contribution < 1.29 is 18.4 Å². The van der Waals surface area contributed by atoms with Gasteiger partial charge in [0.05, 0.1) is 17.6 Å². The summed E-state index contributed by atoms with van der Waals surface area (Å²) in [6.45, 7) is 1.78. The third-order valence-corrected chi connectivity index (χ3v) is 5.38. The maximum atomic E-state index is 14.1. The number of rotatable bonds is 3. The Morgan fingerprint density at radius 1 is 1.11 bits per heavy atom. The zero-order valence-corrected chi connectivity index (χ0v) is 15.3. The molecule has 0 aliphatic carbocycles. The monoisotopic (exact) mass is 385 g/mol. The first-order valence-corrected chi connectivity index (χ1v) is 9.36. The summed E-state index contributed by atoms with van der Waals surface area (Å²) in [6, 6.07) is 12.0. The van der Waals surface area contributed by atoms with Crippen molar-refractivity contribution in [2.24, 2.45) is 5.92 Å². The fraction of sp³-hybridized carbons (Fsp3) is 0.333. The maximum Gasteiger partial charge on any atom is 0.228 e. The SMILES string of the molecule is O=C1CC(C(=O)N2CCNCC2c2cccc(F)c2)CN1c1ccccc1F.